The van der Waals surface area contributed by atoms with Crippen molar-refractivity contribution in [3.05, 3.63) is 95.8 Å². The number of benzene rings is 2. The molecule has 0 aliphatic carbocycles. The van der Waals surface area contributed by atoms with Gasteiger partial charge in [-0.15, -0.1) is 0 Å². The molecule has 140 valence electrons. The van der Waals surface area contributed by atoms with Gasteiger partial charge < -0.3 is 15.5 Å². The Balaban J connectivity index is 1.55. The quantitative estimate of drug-likeness (QED) is 0.722. The van der Waals surface area contributed by atoms with Crippen LogP contribution >= 0.6 is 0 Å². The molecular formula is C22H20N4O2. The van der Waals surface area contributed by atoms with Crippen molar-refractivity contribution in [1.82, 2.24) is 15.2 Å². The molecule has 4 rings (SSSR count). The smallest absolute Gasteiger partial charge is 0.258 e. The summed E-state index contributed by atoms with van der Waals surface area (Å²) in [5.41, 5.74) is 3.16. The van der Waals surface area contributed by atoms with Crippen LogP contribution < -0.4 is 10.6 Å². The number of rotatable bonds is 5. The molecule has 28 heavy (non-hydrogen) atoms. The fourth-order valence-electron chi connectivity index (χ4n) is 3.27. The van der Waals surface area contributed by atoms with Gasteiger partial charge in [0.1, 0.15) is 12.7 Å². The second-order valence-corrected chi connectivity index (χ2v) is 6.57. The lowest BCUT2D eigenvalue weighted by Gasteiger charge is -2.37. The predicted molar refractivity (Wildman–Crippen MR) is 106 cm³/mol. The molecule has 2 aromatic carbocycles. The van der Waals surface area contributed by atoms with Crippen molar-refractivity contribution in [1.29, 1.82) is 0 Å². The van der Waals surface area contributed by atoms with Crippen LogP contribution in [0.5, 0.6) is 0 Å². The van der Waals surface area contributed by atoms with Crippen LogP contribution in [-0.2, 0) is 11.3 Å². The molecule has 1 aromatic heterocycles. The molecule has 0 radical (unpaired) electrons. The van der Waals surface area contributed by atoms with Gasteiger partial charge in [-0.1, -0.05) is 48.5 Å². The molecule has 6 nitrogen and oxygen atoms in total. The van der Waals surface area contributed by atoms with Crippen LogP contribution in [0, 0.1) is 0 Å². The zero-order chi connectivity index (χ0) is 19.3. The van der Waals surface area contributed by atoms with Gasteiger partial charge in [-0.05, 0) is 29.3 Å². The van der Waals surface area contributed by atoms with Gasteiger partial charge in [0.25, 0.3) is 5.91 Å². The molecule has 2 amide bonds. The molecule has 0 fully saturated rings. The van der Waals surface area contributed by atoms with E-state index in [-0.39, 0.29) is 18.4 Å². The molecule has 1 atom stereocenters. The monoisotopic (exact) mass is 372 g/mol. The van der Waals surface area contributed by atoms with Crippen molar-refractivity contribution in [3.8, 4) is 0 Å². The van der Waals surface area contributed by atoms with E-state index in [4.69, 9.17) is 0 Å². The van der Waals surface area contributed by atoms with Crippen LogP contribution in [0.25, 0.3) is 0 Å². The SMILES string of the molecule is O=C(CN1C(=O)c2ccccc2NC1c1ccccc1)NCc1cccnc1. The third kappa shape index (κ3) is 3.71. The highest BCUT2D eigenvalue weighted by molar-refractivity contribution is 6.03. The summed E-state index contributed by atoms with van der Waals surface area (Å²) in [6, 6.07) is 20.7. The standard InChI is InChI=1S/C22H20N4O2/c27-20(24-14-16-7-6-12-23-13-16)15-26-21(17-8-2-1-3-9-17)25-19-11-5-4-10-18(19)22(26)28/h1-13,21,25H,14-15H2,(H,24,27). The third-order valence-corrected chi connectivity index (χ3v) is 4.66. The van der Waals surface area contributed by atoms with Crippen molar-refractivity contribution in [3.63, 3.8) is 0 Å². The van der Waals surface area contributed by atoms with E-state index in [1.165, 1.54) is 0 Å². The number of carbonyl (C=O) groups excluding carboxylic acids is 2. The van der Waals surface area contributed by atoms with E-state index in [1.54, 1.807) is 23.4 Å². The first-order valence-corrected chi connectivity index (χ1v) is 9.09. The Labute approximate surface area is 163 Å². The van der Waals surface area contributed by atoms with E-state index < -0.39 is 6.17 Å². The highest BCUT2D eigenvalue weighted by Crippen LogP contribution is 2.32. The van der Waals surface area contributed by atoms with Gasteiger partial charge in [0.15, 0.2) is 0 Å². The van der Waals surface area contributed by atoms with Gasteiger partial charge in [0.2, 0.25) is 5.91 Å². The molecule has 3 aromatic rings. The zero-order valence-corrected chi connectivity index (χ0v) is 15.2. The predicted octanol–water partition coefficient (Wildman–Crippen LogP) is 2.96. The summed E-state index contributed by atoms with van der Waals surface area (Å²) in [7, 11) is 0. The fraction of sp³-hybridized carbons (Fsp3) is 0.136. The molecule has 2 N–H and O–H groups in total. The van der Waals surface area contributed by atoms with E-state index in [0.717, 1.165) is 16.8 Å². The fourth-order valence-corrected chi connectivity index (χ4v) is 3.27. The molecule has 0 spiro atoms. The summed E-state index contributed by atoms with van der Waals surface area (Å²) in [4.78, 5) is 31.3. The zero-order valence-electron chi connectivity index (χ0n) is 15.2. The van der Waals surface area contributed by atoms with Crippen molar-refractivity contribution >= 4 is 17.5 Å². The number of carbonyl (C=O) groups is 2. The minimum Gasteiger partial charge on any atom is -0.361 e. The maximum atomic E-state index is 13.1. The summed E-state index contributed by atoms with van der Waals surface area (Å²) < 4.78 is 0. The maximum Gasteiger partial charge on any atom is 0.258 e. The van der Waals surface area contributed by atoms with E-state index in [0.29, 0.717) is 12.1 Å². The van der Waals surface area contributed by atoms with E-state index >= 15 is 0 Å². The van der Waals surface area contributed by atoms with Gasteiger partial charge in [-0.3, -0.25) is 14.6 Å². The molecule has 6 heteroatoms. The number of aromatic nitrogens is 1. The van der Waals surface area contributed by atoms with Gasteiger partial charge >= 0.3 is 0 Å². The number of anilines is 1. The maximum absolute atomic E-state index is 13.1. The molecule has 1 unspecified atom stereocenters. The Bertz CT molecular complexity index is 976. The van der Waals surface area contributed by atoms with Gasteiger partial charge in [-0.2, -0.15) is 0 Å². The molecule has 0 saturated heterocycles. The Morgan fingerprint density at radius 2 is 1.82 bits per heavy atom. The van der Waals surface area contributed by atoms with Crippen LogP contribution in [0.15, 0.2) is 79.1 Å². The Morgan fingerprint density at radius 3 is 2.61 bits per heavy atom. The number of amides is 2. The summed E-state index contributed by atoms with van der Waals surface area (Å²) in [5.74, 6) is -0.390. The lowest BCUT2D eigenvalue weighted by Crippen LogP contribution is -2.47. The van der Waals surface area contributed by atoms with Crippen LogP contribution in [-0.4, -0.2) is 28.2 Å². The highest BCUT2D eigenvalue weighted by atomic mass is 16.2. The first kappa shape index (κ1) is 17.7. The van der Waals surface area contributed by atoms with Crippen molar-refractivity contribution in [2.24, 2.45) is 0 Å². The summed E-state index contributed by atoms with van der Waals surface area (Å²) in [6.45, 7) is 0.328. The lowest BCUT2D eigenvalue weighted by molar-refractivity contribution is -0.122. The third-order valence-electron chi connectivity index (χ3n) is 4.66. The molecule has 0 saturated carbocycles. The Morgan fingerprint density at radius 1 is 1.04 bits per heavy atom. The van der Waals surface area contributed by atoms with Crippen molar-refractivity contribution in [2.75, 3.05) is 11.9 Å². The minimum absolute atomic E-state index is 0.0417. The van der Waals surface area contributed by atoms with Gasteiger partial charge in [0, 0.05) is 24.6 Å². The molecular weight excluding hydrogens is 352 g/mol. The topological polar surface area (TPSA) is 74.3 Å². The number of hydrogen-bond acceptors (Lipinski definition) is 4. The van der Waals surface area contributed by atoms with Crippen LogP contribution in [0.2, 0.25) is 0 Å². The van der Waals surface area contributed by atoms with Crippen LogP contribution in [0.1, 0.15) is 27.7 Å². The van der Waals surface area contributed by atoms with Gasteiger partial charge in [0.05, 0.1) is 5.56 Å². The summed E-state index contributed by atoms with van der Waals surface area (Å²) in [5, 5.41) is 6.25. The molecule has 1 aliphatic rings. The number of hydrogen-bond donors (Lipinski definition) is 2. The molecule has 2 heterocycles. The summed E-state index contributed by atoms with van der Waals surface area (Å²) in [6.07, 6.45) is 2.98. The minimum atomic E-state index is -0.409. The molecule has 0 bridgehead atoms. The normalized spacial score (nSPS) is 15.5. The van der Waals surface area contributed by atoms with Crippen LogP contribution in [0.4, 0.5) is 5.69 Å². The van der Waals surface area contributed by atoms with Crippen LogP contribution in [0.3, 0.4) is 0 Å². The Hall–Kier alpha value is -3.67. The average molecular weight is 372 g/mol. The second-order valence-electron chi connectivity index (χ2n) is 6.57. The van der Waals surface area contributed by atoms with Crippen molar-refractivity contribution in [2.45, 2.75) is 12.7 Å². The van der Waals surface area contributed by atoms with E-state index in [9.17, 15) is 9.59 Å². The summed E-state index contributed by atoms with van der Waals surface area (Å²) >= 11 is 0. The highest BCUT2D eigenvalue weighted by Gasteiger charge is 2.33. The largest absolute Gasteiger partial charge is 0.361 e. The number of pyridine rings is 1. The van der Waals surface area contributed by atoms with E-state index in [1.807, 2.05) is 60.7 Å². The first-order chi connectivity index (χ1) is 13.7. The number of para-hydroxylation sites is 1. The number of nitrogens with zero attached hydrogens (tertiary/aromatic N) is 2. The number of nitrogens with one attached hydrogen (secondary N) is 2. The first-order valence-electron chi connectivity index (χ1n) is 9.09. The average Bonchev–Trinajstić information content (AvgIpc) is 2.75. The van der Waals surface area contributed by atoms with Crippen molar-refractivity contribution < 1.29 is 9.59 Å². The van der Waals surface area contributed by atoms with E-state index in [2.05, 4.69) is 15.6 Å². The van der Waals surface area contributed by atoms with Gasteiger partial charge in [-0.25, -0.2) is 0 Å². The second kappa shape index (κ2) is 7.92. The Kier molecular flexibility index (Phi) is 5.01. The molecule has 1 aliphatic heterocycles. The number of fused-ring (bicyclic) bond motifs is 1. The lowest BCUT2D eigenvalue weighted by atomic mass is 10.0.